The second kappa shape index (κ2) is 25.4. The Labute approximate surface area is 77.0 Å². The molecule has 0 N–H and O–H groups in total. The Morgan fingerprint density at radius 3 is 1.00 bits per heavy atom. The maximum absolute atomic E-state index is 3.40. The van der Waals surface area contributed by atoms with E-state index in [9.17, 15) is 0 Å². The van der Waals surface area contributed by atoms with Crippen LogP contribution in [0.2, 0.25) is 0 Å². The molecule has 0 aromatic heterocycles. The summed E-state index contributed by atoms with van der Waals surface area (Å²) < 4.78 is 0. The Balaban J connectivity index is -0.0000000400. The average Bonchev–Trinajstić information content (AvgIpc) is 1.39. The molecule has 44 valence electrons. The summed E-state index contributed by atoms with van der Waals surface area (Å²) in [6.07, 6.45) is 0. The number of halogens is 2. The van der Waals surface area contributed by atoms with E-state index in [1.54, 1.807) is 0 Å². The SMILES string of the molecule is [CH2-]CBr.[CH2-]CBr.[W+2]. The van der Waals surface area contributed by atoms with Crippen molar-refractivity contribution in [3.8, 4) is 0 Å². The van der Waals surface area contributed by atoms with Gasteiger partial charge in [-0.1, -0.05) is 0 Å². The van der Waals surface area contributed by atoms with E-state index in [-0.39, 0.29) is 21.1 Å². The standard InChI is InChI=1S/2C2H4Br.W/c2*1-2-3;/h2*1-2H2;/q2*-1;+2. The fourth-order valence-corrected chi connectivity index (χ4v) is 0. The maximum Gasteiger partial charge on any atom is 2.00 e. The molecule has 0 heterocycles. The first kappa shape index (κ1) is 15.9. The van der Waals surface area contributed by atoms with Gasteiger partial charge in [0.25, 0.3) is 0 Å². The van der Waals surface area contributed by atoms with Crippen molar-refractivity contribution >= 4 is 31.9 Å². The first-order chi connectivity index (χ1) is 2.83. The molecule has 0 radical (unpaired) electrons. The van der Waals surface area contributed by atoms with E-state index < -0.39 is 0 Å². The van der Waals surface area contributed by atoms with Gasteiger partial charge in [-0.2, -0.15) is 0 Å². The van der Waals surface area contributed by atoms with Gasteiger partial charge in [-0.05, 0) is 0 Å². The minimum Gasteiger partial charge on any atom is -0.333 e. The monoisotopic (exact) mass is 398 g/mol. The van der Waals surface area contributed by atoms with E-state index in [1.165, 1.54) is 0 Å². The first-order valence-corrected chi connectivity index (χ1v) is 3.78. The Bertz CT molecular complexity index is 11.7. The molecule has 0 amide bonds. The van der Waals surface area contributed by atoms with E-state index in [2.05, 4.69) is 45.7 Å². The summed E-state index contributed by atoms with van der Waals surface area (Å²) >= 11 is 6.07. The molecule has 0 unspecified atom stereocenters. The molecule has 7 heavy (non-hydrogen) atoms. The van der Waals surface area contributed by atoms with Crippen molar-refractivity contribution in [2.24, 2.45) is 0 Å². The summed E-state index contributed by atoms with van der Waals surface area (Å²) in [6.45, 7) is 6.81. The van der Waals surface area contributed by atoms with Gasteiger partial charge in [0, 0.05) is 0 Å². The van der Waals surface area contributed by atoms with Crippen molar-refractivity contribution in [2.75, 3.05) is 10.7 Å². The van der Waals surface area contributed by atoms with Crippen LogP contribution in [0.3, 0.4) is 0 Å². The Hall–Kier alpha value is 1.65. The van der Waals surface area contributed by atoms with Crippen LogP contribution in [0.25, 0.3) is 0 Å². The zero-order valence-electron chi connectivity index (χ0n) is 3.99. The molecule has 0 aliphatic heterocycles. The quantitative estimate of drug-likeness (QED) is 0.433. The van der Waals surface area contributed by atoms with E-state index in [4.69, 9.17) is 0 Å². The van der Waals surface area contributed by atoms with Gasteiger partial charge in [0.1, 0.15) is 0 Å². The van der Waals surface area contributed by atoms with Crippen LogP contribution in [-0.4, -0.2) is 10.7 Å². The molecule has 0 rings (SSSR count). The van der Waals surface area contributed by atoms with Crippen LogP contribution in [0.5, 0.6) is 0 Å². The molecule has 0 bridgehead atoms. The number of alkyl halides is 2. The smallest absolute Gasteiger partial charge is 0.333 e. The van der Waals surface area contributed by atoms with Gasteiger partial charge < -0.3 is 13.8 Å². The van der Waals surface area contributed by atoms with Gasteiger partial charge in [0.05, 0.1) is 0 Å². The van der Waals surface area contributed by atoms with Crippen LogP contribution in [0.15, 0.2) is 0 Å². The Morgan fingerprint density at radius 1 is 1.00 bits per heavy atom. The molecule has 0 atom stereocenters. The fraction of sp³-hybridized carbons (Fsp3) is 0.500. The van der Waals surface area contributed by atoms with E-state index in [0.717, 1.165) is 10.7 Å². The van der Waals surface area contributed by atoms with Crippen LogP contribution in [0.4, 0.5) is 0 Å². The molecule has 0 aromatic rings. The van der Waals surface area contributed by atoms with Crippen LogP contribution in [0, 0.1) is 13.8 Å². The topological polar surface area (TPSA) is 0 Å². The third-order valence-electron chi connectivity index (χ3n) is 0. The van der Waals surface area contributed by atoms with Crippen molar-refractivity contribution < 1.29 is 21.1 Å². The zero-order chi connectivity index (χ0) is 5.41. The van der Waals surface area contributed by atoms with Gasteiger partial charge in [-0.15, -0.1) is 42.5 Å². The number of rotatable bonds is 0. The third-order valence-corrected chi connectivity index (χ3v) is 0. The average molecular weight is 400 g/mol. The predicted octanol–water partition coefficient (Wildman–Crippen LogP) is 2.43. The Morgan fingerprint density at radius 2 is 1.00 bits per heavy atom. The minimum atomic E-state index is 0. The second-order valence-electron chi connectivity index (χ2n) is 0.378. The molecule has 0 nitrogen and oxygen atoms in total. The van der Waals surface area contributed by atoms with E-state index in [0.29, 0.717) is 0 Å². The summed E-state index contributed by atoms with van der Waals surface area (Å²) in [5, 5.41) is 1.62. The molecular weight excluding hydrogens is 392 g/mol. The molecule has 0 saturated carbocycles. The molecule has 0 aromatic carbocycles. The summed E-state index contributed by atoms with van der Waals surface area (Å²) in [4.78, 5) is 0. The van der Waals surface area contributed by atoms with Gasteiger partial charge in [-0.3, -0.25) is 0 Å². The van der Waals surface area contributed by atoms with Crippen LogP contribution in [0.1, 0.15) is 0 Å². The Kier molecular flexibility index (Phi) is 57.5. The molecule has 0 saturated heterocycles. The van der Waals surface area contributed by atoms with Crippen molar-refractivity contribution in [1.82, 2.24) is 0 Å². The number of hydrogen-bond acceptors (Lipinski definition) is 0. The van der Waals surface area contributed by atoms with Crippen LogP contribution < -0.4 is 0 Å². The summed E-state index contributed by atoms with van der Waals surface area (Å²) in [7, 11) is 0. The summed E-state index contributed by atoms with van der Waals surface area (Å²) in [6, 6.07) is 0. The molecule has 0 spiro atoms. The van der Waals surface area contributed by atoms with E-state index in [1.807, 2.05) is 0 Å². The van der Waals surface area contributed by atoms with Gasteiger partial charge in [0.15, 0.2) is 0 Å². The summed E-state index contributed by atoms with van der Waals surface area (Å²) in [5.74, 6) is 0. The van der Waals surface area contributed by atoms with Crippen molar-refractivity contribution in [3.63, 3.8) is 0 Å². The van der Waals surface area contributed by atoms with Crippen molar-refractivity contribution in [2.45, 2.75) is 0 Å². The van der Waals surface area contributed by atoms with Gasteiger partial charge >= 0.3 is 21.1 Å². The second-order valence-corrected chi connectivity index (χ2v) is 1.96. The summed E-state index contributed by atoms with van der Waals surface area (Å²) in [5.41, 5.74) is 0. The van der Waals surface area contributed by atoms with Crippen molar-refractivity contribution in [1.29, 1.82) is 0 Å². The molecule has 0 aliphatic carbocycles. The number of hydrogen-bond donors (Lipinski definition) is 0. The predicted molar refractivity (Wildman–Crippen MR) is 38.3 cm³/mol. The first-order valence-electron chi connectivity index (χ1n) is 1.53. The fourth-order valence-electron chi connectivity index (χ4n) is 0. The third kappa shape index (κ3) is 89.8. The van der Waals surface area contributed by atoms with Crippen molar-refractivity contribution in [3.05, 3.63) is 13.8 Å². The minimum absolute atomic E-state index is 0. The largest absolute Gasteiger partial charge is 2.00 e. The molecule has 0 fully saturated rings. The van der Waals surface area contributed by atoms with E-state index >= 15 is 0 Å². The van der Waals surface area contributed by atoms with Gasteiger partial charge in [0.2, 0.25) is 0 Å². The molecule has 3 heteroatoms. The van der Waals surface area contributed by atoms with Gasteiger partial charge in [-0.25, -0.2) is 0 Å². The maximum atomic E-state index is 3.40. The molecular formula is C4H8Br2W. The normalized spacial score (nSPS) is 5.14. The van der Waals surface area contributed by atoms with Crippen LogP contribution in [-0.2, 0) is 21.1 Å². The zero-order valence-corrected chi connectivity index (χ0v) is 10.1. The molecule has 0 aliphatic rings. The van der Waals surface area contributed by atoms with Crippen LogP contribution >= 0.6 is 31.9 Å².